The van der Waals surface area contributed by atoms with Crippen LogP contribution in [0.3, 0.4) is 0 Å². The van der Waals surface area contributed by atoms with E-state index in [1.807, 2.05) is 20.8 Å². The van der Waals surface area contributed by atoms with E-state index in [1.165, 1.54) is 0 Å². The second kappa shape index (κ2) is 3.73. The maximum absolute atomic E-state index is 11.2. The van der Waals surface area contributed by atoms with Gasteiger partial charge in [-0.2, -0.15) is 4.98 Å². The van der Waals surface area contributed by atoms with Crippen LogP contribution in [0.15, 0.2) is 9.27 Å². The normalized spacial score (nSPS) is 11.7. The van der Waals surface area contributed by atoms with Crippen LogP contribution in [0.4, 0.5) is 0 Å². The number of H-pyrrole nitrogens is 1. The first-order valence-corrected chi connectivity index (χ1v) is 5.06. The number of aromatic nitrogens is 2. The lowest BCUT2D eigenvalue weighted by Gasteiger charge is -2.16. The molecule has 0 spiro atoms. The van der Waals surface area contributed by atoms with Crippen molar-refractivity contribution in [3.63, 3.8) is 0 Å². The lowest BCUT2D eigenvalue weighted by Crippen LogP contribution is -2.17. The fourth-order valence-electron chi connectivity index (χ4n) is 1.08. The van der Waals surface area contributed by atoms with Gasteiger partial charge in [0.25, 0.3) is 5.56 Å². The SMILES string of the molecule is CC(C)(C)Cc1nc(O)c(Br)c(=O)[nH]1. The van der Waals surface area contributed by atoms with Gasteiger partial charge >= 0.3 is 0 Å². The molecular formula is C9H13BrN2O2. The van der Waals surface area contributed by atoms with Gasteiger partial charge in [0, 0.05) is 6.42 Å². The molecule has 0 saturated heterocycles. The summed E-state index contributed by atoms with van der Waals surface area (Å²) in [5.74, 6) is 0.246. The summed E-state index contributed by atoms with van der Waals surface area (Å²) in [6, 6.07) is 0. The van der Waals surface area contributed by atoms with Crippen molar-refractivity contribution >= 4 is 15.9 Å². The molecule has 1 heterocycles. The number of aromatic amines is 1. The van der Waals surface area contributed by atoms with Crippen LogP contribution < -0.4 is 5.56 Å². The molecule has 0 aliphatic carbocycles. The zero-order chi connectivity index (χ0) is 10.9. The Hall–Kier alpha value is -0.840. The lowest BCUT2D eigenvalue weighted by atomic mass is 9.92. The number of aromatic hydroxyl groups is 1. The second-order valence-electron chi connectivity index (χ2n) is 4.39. The highest BCUT2D eigenvalue weighted by atomic mass is 79.9. The summed E-state index contributed by atoms with van der Waals surface area (Å²) < 4.78 is 0.0789. The average Bonchev–Trinajstić information content (AvgIpc) is 1.96. The van der Waals surface area contributed by atoms with Crippen LogP contribution in [0.1, 0.15) is 26.6 Å². The molecule has 2 N–H and O–H groups in total. The lowest BCUT2D eigenvalue weighted by molar-refractivity contribution is 0.390. The van der Waals surface area contributed by atoms with Gasteiger partial charge in [0.1, 0.15) is 10.3 Å². The van der Waals surface area contributed by atoms with E-state index in [0.717, 1.165) is 0 Å². The maximum atomic E-state index is 11.2. The minimum atomic E-state index is -0.350. The summed E-state index contributed by atoms with van der Waals surface area (Å²) in [6.45, 7) is 6.10. The molecular weight excluding hydrogens is 248 g/mol. The summed E-state index contributed by atoms with van der Waals surface area (Å²) in [4.78, 5) is 17.7. The van der Waals surface area contributed by atoms with E-state index in [-0.39, 0.29) is 21.3 Å². The first-order valence-electron chi connectivity index (χ1n) is 4.27. The van der Waals surface area contributed by atoms with Crippen LogP contribution in [0.2, 0.25) is 0 Å². The molecule has 0 aromatic carbocycles. The fourth-order valence-corrected chi connectivity index (χ4v) is 1.27. The molecule has 14 heavy (non-hydrogen) atoms. The van der Waals surface area contributed by atoms with Gasteiger partial charge in [-0.05, 0) is 21.3 Å². The highest BCUT2D eigenvalue weighted by Crippen LogP contribution is 2.20. The Morgan fingerprint density at radius 3 is 2.50 bits per heavy atom. The van der Waals surface area contributed by atoms with E-state index in [1.54, 1.807) is 0 Å². The maximum Gasteiger partial charge on any atom is 0.269 e. The van der Waals surface area contributed by atoms with E-state index in [0.29, 0.717) is 12.2 Å². The topological polar surface area (TPSA) is 66.0 Å². The predicted octanol–water partition coefficient (Wildman–Crippen LogP) is 1.83. The van der Waals surface area contributed by atoms with Crippen molar-refractivity contribution < 1.29 is 5.11 Å². The quantitative estimate of drug-likeness (QED) is 0.810. The number of halogens is 1. The third-order valence-electron chi connectivity index (χ3n) is 1.59. The molecule has 1 aromatic heterocycles. The van der Waals surface area contributed by atoms with E-state index < -0.39 is 0 Å². The molecule has 1 rings (SSSR count). The third kappa shape index (κ3) is 2.83. The molecule has 5 heteroatoms. The summed E-state index contributed by atoms with van der Waals surface area (Å²) in [6.07, 6.45) is 0.614. The molecule has 78 valence electrons. The zero-order valence-corrected chi connectivity index (χ0v) is 9.97. The van der Waals surface area contributed by atoms with Crippen molar-refractivity contribution in [1.29, 1.82) is 0 Å². The number of nitrogens with one attached hydrogen (secondary N) is 1. The van der Waals surface area contributed by atoms with Gasteiger partial charge in [0.15, 0.2) is 0 Å². The smallest absolute Gasteiger partial charge is 0.269 e. The Bertz CT molecular complexity index is 393. The van der Waals surface area contributed by atoms with Crippen LogP contribution in [0.5, 0.6) is 5.88 Å². The molecule has 0 unspecified atom stereocenters. The van der Waals surface area contributed by atoms with Crippen LogP contribution in [-0.4, -0.2) is 15.1 Å². The molecule has 0 atom stereocenters. The van der Waals surface area contributed by atoms with Gasteiger partial charge in [-0.15, -0.1) is 0 Å². The molecule has 0 radical (unpaired) electrons. The van der Waals surface area contributed by atoms with Gasteiger partial charge in [-0.1, -0.05) is 20.8 Å². The first-order chi connectivity index (χ1) is 6.29. The van der Waals surface area contributed by atoms with Crippen LogP contribution in [0, 0.1) is 5.41 Å². The van der Waals surface area contributed by atoms with Gasteiger partial charge in [0.2, 0.25) is 5.88 Å². The molecule has 4 nitrogen and oxygen atoms in total. The molecule has 0 bridgehead atoms. The van der Waals surface area contributed by atoms with E-state index in [4.69, 9.17) is 0 Å². The molecule has 0 aliphatic rings. The summed E-state index contributed by atoms with van der Waals surface area (Å²) >= 11 is 2.94. The Balaban J connectivity index is 3.08. The summed E-state index contributed by atoms with van der Waals surface area (Å²) in [5, 5.41) is 9.30. The van der Waals surface area contributed by atoms with Gasteiger partial charge < -0.3 is 10.1 Å². The van der Waals surface area contributed by atoms with Crippen molar-refractivity contribution in [3.05, 3.63) is 20.7 Å². The molecule has 1 aromatic rings. The number of hydrogen-bond acceptors (Lipinski definition) is 3. The number of nitrogens with zero attached hydrogens (tertiary/aromatic N) is 1. The second-order valence-corrected chi connectivity index (χ2v) is 5.18. The largest absolute Gasteiger partial charge is 0.492 e. The van der Waals surface area contributed by atoms with Crippen LogP contribution in [0.25, 0.3) is 0 Å². The standard InChI is InChI=1S/C9H13BrN2O2/c1-9(2,3)4-5-11-7(13)6(10)8(14)12-5/h4H2,1-3H3,(H2,11,12,13,14). The summed E-state index contributed by atoms with van der Waals surface area (Å²) in [5.41, 5.74) is -0.326. The Labute approximate surface area is 90.5 Å². The highest BCUT2D eigenvalue weighted by Gasteiger charge is 2.15. The van der Waals surface area contributed by atoms with Gasteiger partial charge in [0.05, 0.1) is 0 Å². The van der Waals surface area contributed by atoms with Gasteiger partial charge in [-0.25, -0.2) is 0 Å². The molecule has 0 saturated carbocycles. The Kier molecular flexibility index (Phi) is 2.99. The minimum absolute atomic E-state index is 0.0240. The van der Waals surface area contributed by atoms with Crippen molar-refractivity contribution in [2.45, 2.75) is 27.2 Å². The third-order valence-corrected chi connectivity index (χ3v) is 2.31. The predicted molar refractivity (Wildman–Crippen MR) is 57.4 cm³/mol. The Morgan fingerprint density at radius 2 is 2.07 bits per heavy atom. The van der Waals surface area contributed by atoms with Crippen molar-refractivity contribution in [2.75, 3.05) is 0 Å². The monoisotopic (exact) mass is 260 g/mol. The fraction of sp³-hybridized carbons (Fsp3) is 0.556. The average molecular weight is 261 g/mol. The highest BCUT2D eigenvalue weighted by molar-refractivity contribution is 9.10. The molecule has 0 amide bonds. The minimum Gasteiger partial charge on any atom is -0.492 e. The van der Waals surface area contributed by atoms with E-state index in [2.05, 4.69) is 25.9 Å². The molecule has 0 fully saturated rings. The van der Waals surface area contributed by atoms with Crippen molar-refractivity contribution in [3.8, 4) is 5.88 Å². The zero-order valence-electron chi connectivity index (χ0n) is 8.39. The molecule has 0 aliphatic heterocycles. The van der Waals surface area contributed by atoms with Crippen molar-refractivity contribution in [1.82, 2.24) is 9.97 Å². The van der Waals surface area contributed by atoms with Crippen molar-refractivity contribution in [2.24, 2.45) is 5.41 Å². The van der Waals surface area contributed by atoms with E-state index >= 15 is 0 Å². The number of rotatable bonds is 1. The van der Waals surface area contributed by atoms with Crippen LogP contribution >= 0.6 is 15.9 Å². The summed E-state index contributed by atoms with van der Waals surface area (Å²) in [7, 11) is 0. The van der Waals surface area contributed by atoms with E-state index in [9.17, 15) is 9.90 Å². The van der Waals surface area contributed by atoms with Crippen LogP contribution in [-0.2, 0) is 6.42 Å². The Morgan fingerprint density at radius 1 is 1.50 bits per heavy atom. The first kappa shape index (κ1) is 11.2. The number of hydrogen-bond donors (Lipinski definition) is 2. The van der Waals surface area contributed by atoms with Gasteiger partial charge in [-0.3, -0.25) is 4.79 Å².